The summed E-state index contributed by atoms with van der Waals surface area (Å²) in [5, 5.41) is 9.63. The average molecular weight is 264 g/mol. The van der Waals surface area contributed by atoms with Gasteiger partial charge >= 0.3 is 0 Å². The van der Waals surface area contributed by atoms with E-state index in [1.165, 1.54) is 5.56 Å². The molecule has 1 N–H and O–H groups in total. The van der Waals surface area contributed by atoms with Gasteiger partial charge in [0.15, 0.2) is 0 Å². The van der Waals surface area contributed by atoms with Gasteiger partial charge in [-0.3, -0.25) is 0 Å². The molecule has 4 unspecified atom stereocenters. The highest BCUT2D eigenvalue weighted by Gasteiger charge is 2.42. The molecular weight excluding hydrogens is 240 g/mol. The summed E-state index contributed by atoms with van der Waals surface area (Å²) in [6.45, 7) is 6.96. The smallest absolute Gasteiger partial charge is 0.130 e. The Morgan fingerprint density at radius 3 is 2.47 bits per heavy atom. The molecule has 1 aromatic carbocycles. The number of rotatable bonds is 6. The Labute approximate surface area is 115 Å². The molecule has 1 aliphatic carbocycles. The van der Waals surface area contributed by atoms with Gasteiger partial charge in [-0.1, -0.05) is 26.0 Å². The molecule has 3 nitrogen and oxygen atoms in total. The maximum absolute atomic E-state index is 9.63. The Bertz CT molecular complexity index is 387. The Kier molecular flexibility index (Phi) is 4.83. The summed E-state index contributed by atoms with van der Waals surface area (Å²) in [4.78, 5) is 0. The van der Waals surface area contributed by atoms with Crippen molar-refractivity contribution in [3.05, 3.63) is 29.8 Å². The van der Waals surface area contributed by atoms with Crippen molar-refractivity contribution in [3.8, 4) is 5.75 Å². The highest BCUT2D eigenvalue weighted by atomic mass is 16.6. The van der Waals surface area contributed by atoms with Crippen LogP contribution in [0, 0.1) is 0 Å². The second kappa shape index (κ2) is 6.40. The minimum atomic E-state index is -0.385. The van der Waals surface area contributed by atoms with Crippen LogP contribution in [-0.2, 0) is 4.74 Å². The molecule has 0 aliphatic heterocycles. The predicted molar refractivity (Wildman–Crippen MR) is 75.6 cm³/mol. The first-order valence-corrected chi connectivity index (χ1v) is 7.22. The summed E-state index contributed by atoms with van der Waals surface area (Å²) < 4.78 is 11.3. The van der Waals surface area contributed by atoms with Gasteiger partial charge in [0, 0.05) is 13.0 Å². The van der Waals surface area contributed by atoms with E-state index >= 15 is 0 Å². The third-order valence-corrected chi connectivity index (χ3v) is 3.93. The van der Waals surface area contributed by atoms with Crippen LogP contribution in [0.3, 0.4) is 0 Å². The predicted octanol–water partition coefficient (Wildman–Crippen LogP) is 3.12. The largest absolute Gasteiger partial charge is 0.488 e. The van der Waals surface area contributed by atoms with Crippen molar-refractivity contribution in [3.63, 3.8) is 0 Å². The van der Waals surface area contributed by atoms with E-state index in [1.807, 2.05) is 19.1 Å². The van der Waals surface area contributed by atoms with E-state index in [4.69, 9.17) is 9.47 Å². The molecule has 0 radical (unpaired) electrons. The molecule has 0 bridgehead atoms. The van der Waals surface area contributed by atoms with Gasteiger partial charge in [-0.05, 0) is 37.0 Å². The highest BCUT2D eigenvalue weighted by molar-refractivity contribution is 5.29. The van der Waals surface area contributed by atoms with Crippen molar-refractivity contribution in [1.82, 2.24) is 0 Å². The van der Waals surface area contributed by atoms with Gasteiger partial charge in [0.2, 0.25) is 0 Å². The molecule has 4 atom stereocenters. The zero-order valence-electron chi connectivity index (χ0n) is 12.0. The lowest BCUT2D eigenvalue weighted by molar-refractivity contribution is -0.160. The van der Waals surface area contributed by atoms with Crippen molar-refractivity contribution in [2.75, 3.05) is 6.61 Å². The standard InChI is InChI=1S/C16H24O3/c1-4-11(3)12-6-8-13(9-7-12)19-15-10-14(17)16(15)18-5-2/h6-9,11,14-17H,4-5,10H2,1-3H3. The summed E-state index contributed by atoms with van der Waals surface area (Å²) in [6.07, 6.45) is 1.20. The molecule has 0 aromatic heterocycles. The summed E-state index contributed by atoms with van der Waals surface area (Å²) in [5.41, 5.74) is 1.34. The summed E-state index contributed by atoms with van der Waals surface area (Å²) in [5.74, 6) is 1.43. The van der Waals surface area contributed by atoms with Gasteiger partial charge in [0.25, 0.3) is 0 Å². The third-order valence-electron chi connectivity index (χ3n) is 3.93. The number of hydrogen-bond acceptors (Lipinski definition) is 3. The fraction of sp³-hybridized carbons (Fsp3) is 0.625. The summed E-state index contributed by atoms with van der Waals surface area (Å²) >= 11 is 0. The topological polar surface area (TPSA) is 38.7 Å². The van der Waals surface area contributed by atoms with E-state index < -0.39 is 0 Å². The molecule has 1 saturated carbocycles. The minimum absolute atomic E-state index is 0.0237. The lowest BCUT2D eigenvalue weighted by Gasteiger charge is -2.40. The molecule has 0 spiro atoms. The van der Waals surface area contributed by atoms with Crippen LogP contribution in [0.15, 0.2) is 24.3 Å². The lowest BCUT2D eigenvalue weighted by Crippen LogP contribution is -2.55. The number of aliphatic hydroxyl groups is 1. The van der Waals surface area contributed by atoms with E-state index in [-0.39, 0.29) is 18.3 Å². The number of aliphatic hydroxyl groups excluding tert-OH is 1. The van der Waals surface area contributed by atoms with Gasteiger partial charge in [-0.15, -0.1) is 0 Å². The first kappa shape index (κ1) is 14.4. The molecule has 106 valence electrons. The fourth-order valence-electron chi connectivity index (χ4n) is 2.37. The fourth-order valence-corrected chi connectivity index (χ4v) is 2.37. The first-order valence-electron chi connectivity index (χ1n) is 7.22. The second-order valence-corrected chi connectivity index (χ2v) is 5.26. The van der Waals surface area contributed by atoms with E-state index in [9.17, 15) is 5.11 Å². The Morgan fingerprint density at radius 1 is 1.26 bits per heavy atom. The average Bonchev–Trinajstić information content (AvgIpc) is 2.44. The minimum Gasteiger partial charge on any atom is -0.488 e. The Morgan fingerprint density at radius 2 is 1.95 bits per heavy atom. The van der Waals surface area contributed by atoms with E-state index in [2.05, 4.69) is 26.0 Å². The molecule has 0 amide bonds. The van der Waals surface area contributed by atoms with E-state index in [1.54, 1.807) is 0 Å². The van der Waals surface area contributed by atoms with Crippen molar-refractivity contribution in [2.45, 2.75) is 57.8 Å². The molecule has 1 fully saturated rings. The molecule has 3 heteroatoms. The zero-order valence-corrected chi connectivity index (χ0v) is 12.0. The van der Waals surface area contributed by atoms with Crippen LogP contribution in [0.5, 0.6) is 5.75 Å². The summed E-state index contributed by atoms with van der Waals surface area (Å²) in [7, 11) is 0. The number of ether oxygens (including phenoxy) is 2. The molecule has 0 heterocycles. The van der Waals surface area contributed by atoms with Crippen LogP contribution in [0.1, 0.15) is 45.1 Å². The third kappa shape index (κ3) is 3.28. The van der Waals surface area contributed by atoms with E-state index in [0.717, 1.165) is 12.2 Å². The van der Waals surface area contributed by atoms with Crippen LogP contribution in [-0.4, -0.2) is 30.0 Å². The van der Waals surface area contributed by atoms with Gasteiger partial charge < -0.3 is 14.6 Å². The molecule has 2 rings (SSSR count). The van der Waals surface area contributed by atoms with Crippen LogP contribution in [0.4, 0.5) is 0 Å². The molecule has 19 heavy (non-hydrogen) atoms. The molecular formula is C16H24O3. The monoisotopic (exact) mass is 264 g/mol. The normalized spacial score (nSPS) is 27.7. The van der Waals surface area contributed by atoms with Gasteiger partial charge in [-0.2, -0.15) is 0 Å². The lowest BCUT2D eigenvalue weighted by atomic mass is 9.88. The van der Waals surface area contributed by atoms with Gasteiger partial charge in [-0.25, -0.2) is 0 Å². The first-order chi connectivity index (χ1) is 9.15. The highest BCUT2D eigenvalue weighted by Crippen LogP contribution is 2.30. The Hall–Kier alpha value is -1.06. The Balaban J connectivity index is 1.93. The number of benzene rings is 1. The van der Waals surface area contributed by atoms with Gasteiger partial charge in [0.1, 0.15) is 18.0 Å². The molecule has 1 aliphatic rings. The van der Waals surface area contributed by atoms with E-state index in [0.29, 0.717) is 18.9 Å². The second-order valence-electron chi connectivity index (χ2n) is 5.26. The van der Waals surface area contributed by atoms with Crippen molar-refractivity contribution in [2.24, 2.45) is 0 Å². The van der Waals surface area contributed by atoms with Crippen molar-refractivity contribution >= 4 is 0 Å². The maximum atomic E-state index is 9.63. The number of hydrogen-bond donors (Lipinski definition) is 1. The van der Waals surface area contributed by atoms with Crippen LogP contribution >= 0.6 is 0 Å². The quantitative estimate of drug-likeness (QED) is 0.858. The van der Waals surface area contributed by atoms with Gasteiger partial charge in [0.05, 0.1) is 6.10 Å². The van der Waals surface area contributed by atoms with Crippen molar-refractivity contribution < 1.29 is 14.6 Å². The van der Waals surface area contributed by atoms with Crippen LogP contribution in [0.2, 0.25) is 0 Å². The summed E-state index contributed by atoms with van der Waals surface area (Å²) in [6, 6.07) is 8.26. The SMILES string of the molecule is CCOC1C(O)CC1Oc1ccc(C(C)CC)cc1. The van der Waals surface area contributed by atoms with Crippen LogP contribution in [0.25, 0.3) is 0 Å². The molecule has 1 aromatic rings. The van der Waals surface area contributed by atoms with Crippen molar-refractivity contribution in [1.29, 1.82) is 0 Å². The maximum Gasteiger partial charge on any atom is 0.130 e. The van der Waals surface area contributed by atoms with Crippen LogP contribution < -0.4 is 4.74 Å². The zero-order chi connectivity index (χ0) is 13.8. The molecule has 0 saturated heterocycles.